The molecule has 0 aromatic carbocycles. The Hall–Kier alpha value is -1.85. The quantitative estimate of drug-likeness (QED) is 0.681. The molecule has 0 atom stereocenters. The van der Waals surface area contributed by atoms with Crippen molar-refractivity contribution in [2.24, 2.45) is 0 Å². The molecule has 1 rings (SSSR count). The number of nitrogens with one attached hydrogen (secondary N) is 2. The monoisotopic (exact) mass is 182 g/mol. The van der Waals surface area contributed by atoms with E-state index in [4.69, 9.17) is 0 Å². The number of rotatable bonds is 2. The Morgan fingerprint density at radius 3 is 3.23 bits per heavy atom. The second-order valence-corrected chi connectivity index (χ2v) is 2.09. The summed E-state index contributed by atoms with van der Waals surface area (Å²) in [5.41, 5.74) is -0.430. The van der Waals surface area contributed by atoms with Gasteiger partial charge in [0.1, 0.15) is 11.9 Å². The zero-order chi connectivity index (χ0) is 9.68. The molecule has 1 aromatic rings. The van der Waals surface area contributed by atoms with Gasteiger partial charge in [-0.2, -0.15) is 5.10 Å². The van der Waals surface area contributed by atoms with E-state index in [1.54, 1.807) is 6.92 Å². The third kappa shape index (κ3) is 2.58. The lowest BCUT2D eigenvalue weighted by Crippen LogP contribution is -2.20. The Bertz CT molecular complexity index is 347. The molecule has 1 radical (unpaired) electrons. The van der Waals surface area contributed by atoms with Crippen molar-refractivity contribution in [1.82, 2.24) is 10.2 Å². The Kier molecular flexibility index (Phi) is 3.02. The molecule has 2 N–H and O–H groups in total. The van der Waals surface area contributed by atoms with E-state index in [-0.39, 0.29) is 12.3 Å². The van der Waals surface area contributed by atoms with Gasteiger partial charge in [0.15, 0.2) is 0 Å². The largest absolute Gasteiger partial charge is 0.450 e. The van der Waals surface area contributed by atoms with Crippen molar-refractivity contribution < 1.29 is 9.53 Å². The van der Waals surface area contributed by atoms with Gasteiger partial charge in [-0.05, 0) is 13.0 Å². The van der Waals surface area contributed by atoms with Gasteiger partial charge in [-0.25, -0.2) is 9.89 Å². The van der Waals surface area contributed by atoms with Crippen molar-refractivity contribution in [3.63, 3.8) is 0 Å². The molecule has 0 bridgehead atoms. The third-order valence-corrected chi connectivity index (χ3v) is 1.19. The fourth-order valence-electron chi connectivity index (χ4n) is 0.676. The summed E-state index contributed by atoms with van der Waals surface area (Å²) in [5.74, 6) is 0. The first-order valence-electron chi connectivity index (χ1n) is 3.63. The number of H-pyrrole nitrogens is 1. The Balaban J connectivity index is 2.69. The average molecular weight is 182 g/mol. The molecule has 6 heteroatoms. The fraction of sp³-hybridized carbons (Fsp3) is 0.286. The highest BCUT2D eigenvalue weighted by Gasteiger charge is 2.04. The molecular formula is C7H8N3O3. The molecule has 1 aromatic heterocycles. The summed E-state index contributed by atoms with van der Waals surface area (Å²) in [6.45, 7) is 1.92. The molecule has 6 nitrogen and oxygen atoms in total. The maximum atomic E-state index is 11.0. The fourth-order valence-corrected chi connectivity index (χ4v) is 0.676. The predicted octanol–water partition coefficient (Wildman–Crippen LogP) is 0.138. The molecule has 1 heterocycles. The number of carbonyl (C=O) groups is 1. The van der Waals surface area contributed by atoms with Gasteiger partial charge in [-0.15, -0.1) is 0 Å². The van der Waals surface area contributed by atoms with Crippen LogP contribution >= 0.6 is 0 Å². The summed E-state index contributed by atoms with van der Waals surface area (Å²) >= 11 is 0. The second-order valence-electron chi connectivity index (χ2n) is 2.09. The van der Waals surface area contributed by atoms with E-state index in [9.17, 15) is 9.59 Å². The summed E-state index contributed by atoms with van der Waals surface area (Å²) in [5, 5.41) is 7.69. The van der Waals surface area contributed by atoms with E-state index in [2.05, 4.69) is 26.4 Å². The van der Waals surface area contributed by atoms with Crippen molar-refractivity contribution in [2.45, 2.75) is 6.92 Å². The minimum Gasteiger partial charge on any atom is -0.450 e. The summed E-state index contributed by atoms with van der Waals surface area (Å²) in [7, 11) is 0. The molecule has 1 amide bonds. The number of aromatic amines is 1. The lowest BCUT2D eigenvalue weighted by molar-refractivity contribution is 0.168. The lowest BCUT2D eigenvalue weighted by Gasteiger charge is -2.02. The van der Waals surface area contributed by atoms with Gasteiger partial charge >= 0.3 is 6.09 Å². The van der Waals surface area contributed by atoms with Crippen LogP contribution in [-0.2, 0) is 4.74 Å². The van der Waals surface area contributed by atoms with Crippen LogP contribution in [0, 0.1) is 6.20 Å². The first-order chi connectivity index (χ1) is 6.24. The van der Waals surface area contributed by atoms with Crippen LogP contribution in [0.25, 0.3) is 0 Å². The van der Waals surface area contributed by atoms with Gasteiger partial charge in [0.2, 0.25) is 0 Å². The Morgan fingerprint density at radius 2 is 2.62 bits per heavy atom. The first-order valence-corrected chi connectivity index (χ1v) is 3.63. The highest BCUT2D eigenvalue weighted by atomic mass is 16.5. The molecular weight excluding hydrogens is 174 g/mol. The van der Waals surface area contributed by atoms with Crippen LogP contribution in [0.4, 0.5) is 10.5 Å². The average Bonchev–Trinajstić information content (AvgIpc) is 2.09. The number of nitrogens with zero attached hydrogens (tertiary/aromatic N) is 1. The Labute approximate surface area is 73.9 Å². The zero-order valence-electron chi connectivity index (χ0n) is 6.96. The SMILES string of the molecule is CCOC(=O)Nc1c[c]n[nH]c1=O. The van der Waals surface area contributed by atoms with E-state index < -0.39 is 11.7 Å². The molecule has 0 saturated carbocycles. The maximum Gasteiger partial charge on any atom is 0.411 e. The van der Waals surface area contributed by atoms with Crippen molar-refractivity contribution in [3.05, 3.63) is 22.6 Å². The molecule has 69 valence electrons. The van der Waals surface area contributed by atoms with Crippen LogP contribution in [0.1, 0.15) is 6.92 Å². The zero-order valence-corrected chi connectivity index (χ0v) is 6.96. The number of anilines is 1. The number of ether oxygens (including phenoxy) is 1. The smallest absolute Gasteiger partial charge is 0.411 e. The van der Waals surface area contributed by atoms with Gasteiger partial charge in [0.25, 0.3) is 5.56 Å². The van der Waals surface area contributed by atoms with Crippen molar-refractivity contribution in [3.8, 4) is 0 Å². The van der Waals surface area contributed by atoms with Gasteiger partial charge < -0.3 is 4.74 Å². The van der Waals surface area contributed by atoms with Crippen LogP contribution in [0.15, 0.2) is 10.9 Å². The highest BCUT2D eigenvalue weighted by molar-refractivity contribution is 5.83. The third-order valence-electron chi connectivity index (χ3n) is 1.19. The Morgan fingerprint density at radius 1 is 1.85 bits per heavy atom. The molecule has 0 saturated heterocycles. The minimum atomic E-state index is -0.674. The number of aromatic nitrogens is 2. The van der Waals surface area contributed by atoms with E-state index in [0.29, 0.717) is 0 Å². The van der Waals surface area contributed by atoms with Gasteiger partial charge in [-0.3, -0.25) is 10.1 Å². The standard InChI is InChI=1S/C7H8N3O3/c1-2-13-7(12)9-5-3-4-8-10-6(5)11/h3H,2H2,1H3,(H,10,11)(H,8,9,12). The highest BCUT2D eigenvalue weighted by Crippen LogP contribution is 1.94. The summed E-state index contributed by atoms with van der Waals surface area (Å²) in [6.07, 6.45) is 1.70. The number of hydrogen-bond donors (Lipinski definition) is 2. The molecule has 0 aliphatic carbocycles. The van der Waals surface area contributed by atoms with E-state index in [1.165, 1.54) is 6.07 Å². The maximum absolute atomic E-state index is 11.0. The topological polar surface area (TPSA) is 84.1 Å². The number of amides is 1. The molecule has 0 aliphatic rings. The normalized spacial score (nSPS) is 9.31. The van der Waals surface area contributed by atoms with E-state index in [0.717, 1.165) is 0 Å². The van der Waals surface area contributed by atoms with Crippen LogP contribution in [0.3, 0.4) is 0 Å². The van der Waals surface area contributed by atoms with Crippen molar-refractivity contribution in [1.29, 1.82) is 0 Å². The first kappa shape index (κ1) is 9.24. The van der Waals surface area contributed by atoms with E-state index >= 15 is 0 Å². The van der Waals surface area contributed by atoms with Crippen LogP contribution in [0.2, 0.25) is 0 Å². The molecule has 13 heavy (non-hydrogen) atoms. The number of carbonyl (C=O) groups excluding carboxylic acids is 1. The number of hydrogen-bond acceptors (Lipinski definition) is 4. The van der Waals surface area contributed by atoms with Crippen LogP contribution in [0.5, 0.6) is 0 Å². The summed E-state index contributed by atoms with van der Waals surface area (Å²) < 4.78 is 4.56. The second kappa shape index (κ2) is 4.24. The van der Waals surface area contributed by atoms with Crippen LogP contribution < -0.4 is 10.9 Å². The minimum absolute atomic E-state index is 0.0634. The summed E-state index contributed by atoms with van der Waals surface area (Å²) in [6, 6.07) is 1.26. The van der Waals surface area contributed by atoms with E-state index in [1.807, 2.05) is 0 Å². The van der Waals surface area contributed by atoms with Gasteiger partial charge in [0, 0.05) is 0 Å². The molecule has 0 fully saturated rings. The predicted molar refractivity (Wildman–Crippen MR) is 44.3 cm³/mol. The van der Waals surface area contributed by atoms with Crippen molar-refractivity contribution >= 4 is 11.8 Å². The lowest BCUT2D eigenvalue weighted by atomic mass is 10.5. The molecule has 0 unspecified atom stereocenters. The van der Waals surface area contributed by atoms with Gasteiger partial charge in [0.05, 0.1) is 6.61 Å². The summed E-state index contributed by atoms with van der Waals surface area (Å²) in [4.78, 5) is 21.8. The van der Waals surface area contributed by atoms with Gasteiger partial charge in [-0.1, -0.05) is 0 Å². The molecule has 0 spiro atoms. The van der Waals surface area contributed by atoms with Crippen molar-refractivity contribution in [2.75, 3.05) is 11.9 Å². The van der Waals surface area contributed by atoms with Crippen LogP contribution in [-0.4, -0.2) is 22.9 Å². The molecule has 0 aliphatic heterocycles.